The van der Waals surface area contributed by atoms with Gasteiger partial charge >= 0.3 is 5.97 Å². The summed E-state index contributed by atoms with van der Waals surface area (Å²) >= 11 is 0. The van der Waals surface area contributed by atoms with Crippen molar-refractivity contribution in [1.82, 2.24) is 0 Å². The van der Waals surface area contributed by atoms with E-state index in [1.54, 1.807) is 0 Å². The number of carbonyl (C=O) groups excluding carboxylic acids is 1. The molecule has 0 saturated carbocycles. The van der Waals surface area contributed by atoms with Crippen LogP contribution >= 0.6 is 0 Å². The molecule has 0 spiro atoms. The fourth-order valence-electron chi connectivity index (χ4n) is 1.63. The molecular formula is C10H10O5. The summed E-state index contributed by atoms with van der Waals surface area (Å²) in [4.78, 5) is 11.4. The van der Waals surface area contributed by atoms with Crippen LogP contribution in [0.25, 0.3) is 0 Å². The van der Waals surface area contributed by atoms with Crippen molar-refractivity contribution in [3.63, 3.8) is 0 Å². The van der Waals surface area contributed by atoms with Crippen molar-refractivity contribution in [3.05, 3.63) is 23.3 Å². The summed E-state index contributed by atoms with van der Waals surface area (Å²) in [5.74, 6) is -1.28. The molecule has 3 N–H and O–H groups in total. The summed E-state index contributed by atoms with van der Waals surface area (Å²) in [6.07, 6.45) is -1.72. The molecule has 1 aliphatic rings. The Morgan fingerprint density at radius 3 is 2.67 bits per heavy atom. The first-order valence-electron chi connectivity index (χ1n) is 4.45. The Balaban J connectivity index is 2.65. The van der Waals surface area contributed by atoms with Crippen LogP contribution in [-0.4, -0.2) is 27.4 Å². The summed E-state index contributed by atoms with van der Waals surface area (Å²) in [5.41, 5.74) is 0.106. The molecule has 5 nitrogen and oxygen atoms in total. The van der Waals surface area contributed by atoms with Crippen molar-refractivity contribution >= 4 is 5.97 Å². The monoisotopic (exact) mass is 210 g/mol. The second-order valence-corrected chi connectivity index (χ2v) is 3.48. The van der Waals surface area contributed by atoms with E-state index in [2.05, 4.69) is 0 Å². The molecule has 0 aromatic heterocycles. The lowest BCUT2D eigenvalue weighted by atomic mass is 9.95. The highest BCUT2D eigenvalue weighted by Gasteiger charge is 2.34. The lowest BCUT2D eigenvalue weighted by Gasteiger charge is -2.27. The van der Waals surface area contributed by atoms with Gasteiger partial charge in [-0.05, 0) is 13.0 Å². The first kappa shape index (κ1) is 9.79. The number of phenolic OH excluding ortho intramolecular Hbond substituents is 2. The van der Waals surface area contributed by atoms with Gasteiger partial charge in [0.2, 0.25) is 0 Å². The summed E-state index contributed by atoms with van der Waals surface area (Å²) in [6.45, 7) is 1.53. The molecule has 15 heavy (non-hydrogen) atoms. The number of cyclic esters (lactones) is 1. The van der Waals surface area contributed by atoms with Gasteiger partial charge in [-0.3, -0.25) is 0 Å². The van der Waals surface area contributed by atoms with Gasteiger partial charge in [-0.2, -0.15) is 0 Å². The molecule has 1 aliphatic heterocycles. The van der Waals surface area contributed by atoms with Crippen molar-refractivity contribution < 1.29 is 24.9 Å². The fraction of sp³-hybridized carbons (Fsp3) is 0.300. The van der Waals surface area contributed by atoms with E-state index in [9.17, 15) is 20.1 Å². The van der Waals surface area contributed by atoms with Gasteiger partial charge < -0.3 is 20.1 Å². The van der Waals surface area contributed by atoms with Crippen LogP contribution in [0.2, 0.25) is 0 Å². The zero-order valence-electron chi connectivity index (χ0n) is 7.97. The van der Waals surface area contributed by atoms with E-state index in [-0.39, 0.29) is 22.6 Å². The number of carbonyl (C=O) groups is 1. The summed E-state index contributed by atoms with van der Waals surface area (Å²) in [7, 11) is 0. The second-order valence-electron chi connectivity index (χ2n) is 3.48. The zero-order chi connectivity index (χ0) is 11.2. The predicted molar refractivity (Wildman–Crippen MR) is 49.6 cm³/mol. The zero-order valence-corrected chi connectivity index (χ0v) is 7.97. The third-order valence-electron chi connectivity index (χ3n) is 2.39. The molecule has 2 atom stereocenters. The molecule has 0 fully saturated rings. The van der Waals surface area contributed by atoms with Gasteiger partial charge in [0.1, 0.15) is 29.3 Å². The summed E-state index contributed by atoms with van der Waals surface area (Å²) < 4.78 is 4.82. The van der Waals surface area contributed by atoms with Crippen molar-refractivity contribution in [1.29, 1.82) is 0 Å². The normalized spacial score (nSPS) is 24.5. The number of benzene rings is 1. The Labute approximate surface area is 85.5 Å². The highest BCUT2D eigenvalue weighted by molar-refractivity contribution is 5.95. The van der Waals surface area contributed by atoms with Crippen LogP contribution in [-0.2, 0) is 4.74 Å². The van der Waals surface area contributed by atoms with Gasteiger partial charge in [-0.1, -0.05) is 0 Å². The Hall–Kier alpha value is -1.75. The van der Waals surface area contributed by atoms with Gasteiger partial charge in [0.15, 0.2) is 0 Å². The minimum atomic E-state index is -1.03. The molecular weight excluding hydrogens is 200 g/mol. The average Bonchev–Trinajstić information content (AvgIpc) is 2.12. The Kier molecular flexibility index (Phi) is 2.04. The molecule has 0 bridgehead atoms. The van der Waals surface area contributed by atoms with Crippen LogP contribution in [0.4, 0.5) is 0 Å². The number of rotatable bonds is 0. The Morgan fingerprint density at radius 1 is 1.33 bits per heavy atom. The highest BCUT2D eigenvalue weighted by atomic mass is 16.6. The van der Waals surface area contributed by atoms with Crippen molar-refractivity contribution in [2.75, 3.05) is 0 Å². The molecule has 0 radical (unpaired) electrons. The molecule has 0 saturated heterocycles. The van der Waals surface area contributed by atoms with Crippen LogP contribution < -0.4 is 0 Å². The van der Waals surface area contributed by atoms with Crippen molar-refractivity contribution in [2.24, 2.45) is 0 Å². The SMILES string of the molecule is CC1OC(=O)c2c(O)cc(O)cc2C1O. The minimum Gasteiger partial charge on any atom is -0.508 e. The standard InChI is InChI=1S/C10H10O5/c1-4-9(13)6-2-5(11)3-7(12)8(6)10(14)15-4/h2-4,9,11-13H,1H3. The number of aromatic hydroxyl groups is 2. The smallest absolute Gasteiger partial charge is 0.342 e. The van der Waals surface area contributed by atoms with Gasteiger partial charge in [-0.15, -0.1) is 0 Å². The molecule has 2 rings (SSSR count). The summed E-state index contributed by atoms with van der Waals surface area (Å²) in [6, 6.07) is 2.28. The number of esters is 1. The first-order valence-corrected chi connectivity index (χ1v) is 4.45. The average molecular weight is 210 g/mol. The van der Waals surface area contributed by atoms with E-state index in [0.29, 0.717) is 0 Å². The van der Waals surface area contributed by atoms with Gasteiger partial charge in [0.25, 0.3) is 0 Å². The molecule has 2 unspecified atom stereocenters. The van der Waals surface area contributed by atoms with Crippen LogP contribution in [0.1, 0.15) is 28.9 Å². The lowest BCUT2D eigenvalue weighted by molar-refractivity contribution is -0.0217. The molecule has 5 heteroatoms. The number of ether oxygens (including phenoxy) is 1. The van der Waals surface area contributed by atoms with Crippen LogP contribution in [0, 0.1) is 0 Å². The largest absolute Gasteiger partial charge is 0.508 e. The molecule has 1 aromatic carbocycles. The lowest BCUT2D eigenvalue weighted by Crippen LogP contribution is -2.29. The molecule has 0 aliphatic carbocycles. The number of fused-ring (bicyclic) bond motifs is 1. The van der Waals surface area contributed by atoms with E-state index in [1.807, 2.05) is 0 Å². The second kappa shape index (κ2) is 3.13. The number of hydrogen-bond acceptors (Lipinski definition) is 5. The molecule has 1 aromatic rings. The third-order valence-corrected chi connectivity index (χ3v) is 2.39. The predicted octanol–water partition coefficient (Wildman–Crippen LogP) is 0.690. The third kappa shape index (κ3) is 1.41. The van der Waals surface area contributed by atoms with E-state index >= 15 is 0 Å². The number of phenols is 2. The minimum absolute atomic E-state index is 0.0848. The van der Waals surface area contributed by atoms with Gasteiger partial charge in [0, 0.05) is 11.6 Å². The van der Waals surface area contributed by atoms with E-state index in [0.717, 1.165) is 6.07 Å². The Morgan fingerprint density at radius 2 is 2.00 bits per heavy atom. The van der Waals surface area contributed by atoms with Crippen molar-refractivity contribution in [2.45, 2.75) is 19.1 Å². The quantitative estimate of drug-likeness (QED) is 0.548. The van der Waals surface area contributed by atoms with Gasteiger partial charge in [0.05, 0.1) is 0 Å². The molecule has 1 heterocycles. The number of hydrogen-bond donors (Lipinski definition) is 3. The van der Waals surface area contributed by atoms with Gasteiger partial charge in [-0.25, -0.2) is 4.79 Å². The van der Waals surface area contributed by atoms with Crippen LogP contribution in [0.3, 0.4) is 0 Å². The number of aliphatic hydroxyl groups excluding tert-OH is 1. The summed E-state index contributed by atoms with van der Waals surface area (Å²) in [5, 5.41) is 28.4. The molecule has 0 amide bonds. The maximum absolute atomic E-state index is 11.4. The van der Waals surface area contributed by atoms with E-state index in [1.165, 1.54) is 13.0 Å². The highest BCUT2D eigenvalue weighted by Crippen LogP contribution is 2.37. The number of aliphatic hydroxyl groups is 1. The van der Waals surface area contributed by atoms with E-state index < -0.39 is 18.2 Å². The molecule has 80 valence electrons. The van der Waals surface area contributed by atoms with Crippen LogP contribution in [0.15, 0.2) is 12.1 Å². The Bertz CT molecular complexity index is 426. The fourth-order valence-corrected chi connectivity index (χ4v) is 1.63. The maximum atomic E-state index is 11.4. The van der Waals surface area contributed by atoms with Crippen LogP contribution in [0.5, 0.6) is 11.5 Å². The van der Waals surface area contributed by atoms with E-state index in [4.69, 9.17) is 4.74 Å². The first-order chi connectivity index (χ1) is 7.00. The maximum Gasteiger partial charge on any atom is 0.342 e. The topological polar surface area (TPSA) is 87.0 Å². The van der Waals surface area contributed by atoms with Crippen molar-refractivity contribution in [3.8, 4) is 11.5 Å².